The molecular formula is C13H19N3. The monoisotopic (exact) mass is 217 g/mol. The molecule has 1 aromatic carbocycles. The molecule has 1 aromatic rings. The molecule has 2 rings (SSSR count). The number of hydrogen-bond acceptors (Lipinski definition) is 3. The minimum atomic E-state index is 0.597. The standard InChI is InChI=1S/C13H19N3/c14-7-1-2-12-3-5-13(6-4-12)16-10-8-15-9-11-16/h1-6,15H,7-11,14H2. The average Bonchev–Trinajstić information content (AvgIpc) is 2.38. The van der Waals surface area contributed by atoms with Crippen molar-refractivity contribution in [3.63, 3.8) is 0 Å². The van der Waals surface area contributed by atoms with Crippen molar-refractivity contribution in [2.75, 3.05) is 37.6 Å². The van der Waals surface area contributed by atoms with E-state index in [1.807, 2.05) is 6.08 Å². The van der Waals surface area contributed by atoms with Crippen molar-refractivity contribution in [3.8, 4) is 0 Å². The molecule has 1 aliphatic rings. The van der Waals surface area contributed by atoms with Crippen molar-refractivity contribution in [2.45, 2.75) is 0 Å². The molecule has 3 nitrogen and oxygen atoms in total. The lowest BCUT2D eigenvalue weighted by Crippen LogP contribution is -2.43. The first-order valence-corrected chi connectivity index (χ1v) is 5.82. The Kier molecular flexibility index (Phi) is 3.97. The van der Waals surface area contributed by atoms with Gasteiger partial charge in [0.05, 0.1) is 0 Å². The molecule has 0 aromatic heterocycles. The quantitative estimate of drug-likeness (QED) is 0.795. The Morgan fingerprint density at radius 1 is 1.19 bits per heavy atom. The van der Waals surface area contributed by atoms with Crippen LogP contribution in [0.5, 0.6) is 0 Å². The molecule has 86 valence electrons. The maximum atomic E-state index is 5.42. The molecule has 1 fully saturated rings. The van der Waals surface area contributed by atoms with Gasteiger partial charge in [-0.05, 0) is 17.7 Å². The number of nitrogens with one attached hydrogen (secondary N) is 1. The predicted molar refractivity (Wildman–Crippen MR) is 69.6 cm³/mol. The van der Waals surface area contributed by atoms with E-state index >= 15 is 0 Å². The van der Waals surface area contributed by atoms with Gasteiger partial charge < -0.3 is 16.0 Å². The summed E-state index contributed by atoms with van der Waals surface area (Å²) < 4.78 is 0. The first-order valence-electron chi connectivity index (χ1n) is 5.82. The molecular weight excluding hydrogens is 198 g/mol. The van der Waals surface area contributed by atoms with Crippen molar-refractivity contribution in [1.29, 1.82) is 0 Å². The number of hydrogen-bond donors (Lipinski definition) is 2. The normalized spacial score (nSPS) is 16.9. The van der Waals surface area contributed by atoms with E-state index in [9.17, 15) is 0 Å². The molecule has 0 amide bonds. The smallest absolute Gasteiger partial charge is 0.0367 e. The number of nitrogens with zero attached hydrogens (tertiary/aromatic N) is 1. The third kappa shape index (κ3) is 2.84. The summed E-state index contributed by atoms with van der Waals surface area (Å²) in [6.07, 6.45) is 4.03. The average molecular weight is 217 g/mol. The van der Waals surface area contributed by atoms with Gasteiger partial charge in [0.1, 0.15) is 0 Å². The highest BCUT2D eigenvalue weighted by Gasteiger charge is 2.09. The molecule has 3 N–H and O–H groups in total. The second-order valence-electron chi connectivity index (χ2n) is 3.97. The van der Waals surface area contributed by atoms with E-state index in [2.05, 4.69) is 40.6 Å². The minimum absolute atomic E-state index is 0.597. The van der Waals surface area contributed by atoms with Gasteiger partial charge in [-0.1, -0.05) is 24.3 Å². The Labute approximate surface area is 96.9 Å². The molecule has 0 unspecified atom stereocenters. The molecule has 0 aliphatic carbocycles. The van der Waals surface area contributed by atoms with Gasteiger partial charge in [-0.25, -0.2) is 0 Å². The number of nitrogens with two attached hydrogens (primary N) is 1. The number of piperazine rings is 1. The molecule has 1 aliphatic heterocycles. The van der Waals surface area contributed by atoms with Crippen LogP contribution >= 0.6 is 0 Å². The van der Waals surface area contributed by atoms with Crippen LogP contribution in [-0.4, -0.2) is 32.7 Å². The van der Waals surface area contributed by atoms with Crippen LogP contribution in [0.15, 0.2) is 30.3 Å². The van der Waals surface area contributed by atoms with Crippen LogP contribution in [0.3, 0.4) is 0 Å². The summed E-state index contributed by atoms with van der Waals surface area (Å²) in [6, 6.07) is 8.65. The summed E-state index contributed by atoms with van der Waals surface area (Å²) in [5, 5.41) is 3.36. The van der Waals surface area contributed by atoms with E-state index < -0.39 is 0 Å². The summed E-state index contributed by atoms with van der Waals surface area (Å²) in [7, 11) is 0. The Balaban J connectivity index is 2.03. The Hall–Kier alpha value is -1.32. The summed E-state index contributed by atoms with van der Waals surface area (Å²) in [5.74, 6) is 0. The van der Waals surface area contributed by atoms with Crippen molar-refractivity contribution >= 4 is 11.8 Å². The van der Waals surface area contributed by atoms with Crippen LogP contribution < -0.4 is 16.0 Å². The highest BCUT2D eigenvalue weighted by molar-refractivity contribution is 5.56. The molecule has 0 spiro atoms. The largest absolute Gasteiger partial charge is 0.369 e. The SMILES string of the molecule is NCC=Cc1ccc(N2CCNCC2)cc1. The fourth-order valence-corrected chi connectivity index (χ4v) is 1.92. The molecule has 3 heteroatoms. The van der Waals surface area contributed by atoms with Crippen LogP contribution in [0.2, 0.25) is 0 Å². The Morgan fingerprint density at radius 2 is 1.88 bits per heavy atom. The highest BCUT2D eigenvalue weighted by atomic mass is 15.2. The maximum Gasteiger partial charge on any atom is 0.0367 e. The second kappa shape index (κ2) is 5.68. The number of benzene rings is 1. The van der Waals surface area contributed by atoms with Crippen LogP contribution in [0.25, 0.3) is 6.08 Å². The van der Waals surface area contributed by atoms with E-state index in [4.69, 9.17) is 5.73 Å². The molecule has 0 saturated carbocycles. The second-order valence-corrected chi connectivity index (χ2v) is 3.97. The molecule has 0 atom stereocenters. The van der Waals surface area contributed by atoms with Crippen LogP contribution in [0.4, 0.5) is 5.69 Å². The Morgan fingerprint density at radius 3 is 2.50 bits per heavy atom. The lowest BCUT2D eigenvalue weighted by atomic mass is 10.1. The van der Waals surface area contributed by atoms with Crippen LogP contribution in [0.1, 0.15) is 5.56 Å². The zero-order valence-electron chi connectivity index (χ0n) is 9.52. The maximum absolute atomic E-state index is 5.42. The molecule has 0 radical (unpaired) electrons. The van der Waals surface area contributed by atoms with E-state index in [1.165, 1.54) is 11.3 Å². The minimum Gasteiger partial charge on any atom is -0.369 e. The fourth-order valence-electron chi connectivity index (χ4n) is 1.92. The molecule has 1 saturated heterocycles. The zero-order chi connectivity index (χ0) is 11.2. The molecule has 1 heterocycles. The van der Waals surface area contributed by atoms with Gasteiger partial charge in [0, 0.05) is 38.4 Å². The van der Waals surface area contributed by atoms with Crippen molar-refractivity contribution in [1.82, 2.24) is 5.32 Å². The number of rotatable bonds is 3. The summed E-state index contributed by atoms with van der Waals surface area (Å²) >= 11 is 0. The van der Waals surface area contributed by atoms with Crippen molar-refractivity contribution in [2.24, 2.45) is 5.73 Å². The van der Waals surface area contributed by atoms with Crippen LogP contribution in [-0.2, 0) is 0 Å². The van der Waals surface area contributed by atoms with E-state index in [0.29, 0.717) is 6.54 Å². The summed E-state index contributed by atoms with van der Waals surface area (Å²) in [6.45, 7) is 4.94. The van der Waals surface area contributed by atoms with E-state index in [-0.39, 0.29) is 0 Å². The van der Waals surface area contributed by atoms with Crippen molar-refractivity contribution in [3.05, 3.63) is 35.9 Å². The van der Waals surface area contributed by atoms with Gasteiger partial charge in [0.25, 0.3) is 0 Å². The molecule has 16 heavy (non-hydrogen) atoms. The summed E-state index contributed by atoms with van der Waals surface area (Å²) in [5.41, 5.74) is 7.95. The Bertz CT molecular complexity index is 337. The van der Waals surface area contributed by atoms with E-state index in [1.54, 1.807) is 0 Å². The predicted octanol–water partition coefficient (Wildman–Crippen LogP) is 1.07. The molecule has 0 bridgehead atoms. The highest BCUT2D eigenvalue weighted by Crippen LogP contribution is 2.16. The van der Waals surface area contributed by atoms with Gasteiger partial charge in [-0.3, -0.25) is 0 Å². The van der Waals surface area contributed by atoms with Crippen LogP contribution in [0, 0.1) is 0 Å². The van der Waals surface area contributed by atoms with Gasteiger partial charge in [-0.2, -0.15) is 0 Å². The first-order chi connectivity index (χ1) is 7.90. The van der Waals surface area contributed by atoms with E-state index in [0.717, 1.165) is 26.2 Å². The van der Waals surface area contributed by atoms with Crippen molar-refractivity contribution < 1.29 is 0 Å². The third-order valence-corrected chi connectivity index (χ3v) is 2.82. The first kappa shape index (κ1) is 11.2. The number of anilines is 1. The topological polar surface area (TPSA) is 41.3 Å². The zero-order valence-corrected chi connectivity index (χ0v) is 9.52. The van der Waals surface area contributed by atoms with Gasteiger partial charge in [0.2, 0.25) is 0 Å². The van der Waals surface area contributed by atoms with Gasteiger partial charge >= 0.3 is 0 Å². The third-order valence-electron chi connectivity index (χ3n) is 2.82. The van der Waals surface area contributed by atoms with Gasteiger partial charge in [-0.15, -0.1) is 0 Å². The fraction of sp³-hybridized carbons (Fsp3) is 0.385. The lowest BCUT2D eigenvalue weighted by molar-refractivity contribution is 0.589. The summed E-state index contributed by atoms with van der Waals surface area (Å²) in [4.78, 5) is 2.41. The van der Waals surface area contributed by atoms with Gasteiger partial charge in [0.15, 0.2) is 0 Å². The lowest BCUT2D eigenvalue weighted by Gasteiger charge is -2.29.